The second-order valence-electron chi connectivity index (χ2n) is 3.82. The molecule has 0 bridgehead atoms. The molecular formula is C13H9BrCl2FNO. The highest BCUT2D eigenvalue weighted by molar-refractivity contribution is 9.10. The molecule has 19 heavy (non-hydrogen) atoms. The number of phenols is 1. The van der Waals surface area contributed by atoms with Crippen LogP contribution in [0, 0.1) is 5.82 Å². The van der Waals surface area contributed by atoms with Crippen molar-refractivity contribution in [1.82, 2.24) is 0 Å². The van der Waals surface area contributed by atoms with Crippen LogP contribution in [0.15, 0.2) is 34.8 Å². The molecule has 0 aliphatic heterocycles. The monoisotopic (exact) mass is 363 g/mol. The van der Waals surface area contributed by atoms with Crippen molar-refractivity contribution in [2.24, 2.45) is 0 Å². The zero-order valence-corrected chi connectivity index (χ0v) is 12.7. The van der Waals surface area contributed by atoms with Crippen LogP contribution >= 0.6 is 39.1 Å². The van der Waals surface area contributed by atoms with Crippen molar-refractivity contribution in [3.8, 4) is 5.75 Å². The van der Waals surface area contributed by atoms with Gasteiger partial charge in [0.15, 0.2) is 11.6 Å². The maximum atomic E-state index is 13.2. The Hall–Kier alpha value is -0.970. The summed E-state index contributed by atoms with van der Waals surface area (Å²) >= 11 is 15.3. The Kier molecular flexibility index (Phi) is 4.55. The van der Waals surface area contributed by atoms with Gasteiger partial charge >= 0.3 is 0 Å². The minimum atomic E-state index is -0.653. The summed E-state index contributed by atoms with van der Waals surface area (Å²) in [6.07, 6.45) is 0. The average Bonchev–Trinajstić information content (AvgIpc) is 2.40. The first kappa shape index (κ1) is 14.4. The lowest BCUT2D eigenvalue weighted by Gasteiger charge is -2.11. The van der Waals surface area contributed by atoms with Crippen LogP contribution in [0.3, 0.4) is 0 Å². The third-order valence-corrected chi connectivity index (χ3v) is 4.35. The normalized spacial score (nSPS) is 10.5. The summed E-state index contributed by atoms with van der Waals surface area (Å²) in [5.74, 6) is -1.02. The van der Waals surface area contributed by atoms with Gasteiger partial charge in [-0.15, -0.1) is 0 Å². The van der Waals surface area contributed by atoms with Crippen molar-refractivity contribution in [1.29, 1.82) is 0 Å². The fourth-order valence-corrected chi connectivity index (χ4v) is 2.40. The molecule has 0 saturated carbocycles. The van der Waals surface area contributed by atoms with Crippen molar-refractivity contribution in [3.05, 3.63) is 56.2 Å². The minimum Gasteiger partial charge on any atom is -0.505 e. The van der Waals surface area contributed by atoms with Crippen molar-refractivity contribution in [3.63, 3.8) is 0 Å². The molecule has 0 fully saturated rings. The lowest BCUT2D eigenvalue weighted by atomic mass is 10.2. The summed E-state index contributed by atoms with van der Waals surface area (Å²) in [5.41, 5.74) is 1.05. The lowest BCUT2D eigenvalue weighted by Crippen LogP contribution is -2.01. The van der Waals surface area contributed by atoms with E-state index in [1.165, 1.54) is 12.1 Å². The molecule has 0 radical (unpaired) electrons. The van der Waals surface area contributed by atoms with E-state index in [9.17, 15) is 9.50 Å². The number of halogens is 4. The summed E-state index contributed by atoms with van der Waals surface area (Å²) in [7, 11) is 0. The zero-order valence-electron chi connectivity index (χ0n) is 9.55. The summed E-state index contributed by atoms with van der Waals surface area (Å²) in [6.45, 7) is 0.237. The second kappa shape index (κ2) is 5.99. The fraction of sp³-hybridized carbons (Fsp3) is 0.0769. The summed E-state index contributed by atoms with van der Waals surface area (Å²) in [5, 5.41) is 13.3. The number of nitrogens with one attached hydrogen (secondary N) is 1. The molecule has 0 saturated heterocycles. The first-order chi connectivity index (χ1) is 9.00. The lowest BCUT2D eigenvalue weighted by molar-refractivity contribution is 0.427. The SMILES string of the molecule is Oc1c(F)cccc1CNc1ccc(Br)c(Cl)c1Cl. The Morgan fingerprint density at radius 2 is 1.89 bits per heavy atom. The van der Waals surface area contributed by atoms with Gasteiger partial charge in [0.2, 0.25) is 0 Å². The van der Waals surface area contributed by atoms with Gasteiger partial charge < -0.3 is 10.4 Å². The molecule has 0 aliphatic rings. The molecule has 2 N–H and O–H groups in total. The van der Waals surface area contributed by atoms with Crippen LogP contribution in [0.5, 0.6) is 5.75 Å². The van der Waals surface area contributed by atoms with Gasteiger partial charge in [-0.2, -0.15) is 0 Å². The average molecular weight is 365 g/mol. The molecule has 2 nitrogen and oxygen atoms in total. The number of para-hydroxylation sites is 1. The Labute approximate surface area is 128 Å². The molecule has 0 aromatic heterocycles. The van der Waals surface area contributed by atoms with Crippen molar-refractivity contribution in [2.75, 3.05) is 5.32 Å². The number of hydrogen-bond donors (Lipinski definition) is 2. The molecule has 6 heteroatoms. The number of rotatable bonds is 3. The van der Waals surface area contributed by atoms with Crippen molar-refractivity contribution >= 4 is 44.8 Å². The third kappa shape index (κ3) is 3.14. The van der Waals surface area contributed by atoms with E-state index in [2.05, 4.69) is 21.2 Å². The van der Waals surface area contributed by atoms with E-state index in [1.807, 2.05) is 0 Å². The molecule has 0 amide bonds. The van der Waals surface area contributed by atoms with Crippen LogP contribution in [0.25, 0.3) is 0 Å². The standard InChI is InChI=1S/C13H9BrCl2FNO/c14-8-4-5-10(12(16)11(8)15)18-6-7-2-1-3-9(17)13(7)19/h1-5,18-19H,6H2. The van der Waals surface area contributed by atoms with Gasteiger partial charge in [-0.05, 0) is 34.1 Å². The Balaban J connectivity index is 2.20. The maximum absolute atomic E-state index is 13.2. The van der Waals surface area contributed by atoms with Gasteiger partial charge in [0.25, 0.3) is 0 Å². The van der Waals surface area contributed by atoms with Gasteiger partial charge in [-0.1, -0.05) is 35.3 Å². The molecule has 100 valence electrons. The van der Waals surface area contributed by atoms with E-state index < -0.39 is 5.82 Å². The molecule has 0 aliphatic carbocycles. The predicted molar refractivity (Wildman–Crippen MR) is 79.6 cm³/mol. The molecule has 2 aromatic carbocycles. The van der Waals surface area contributed by atoms with E-state index in [0.29, 0.717) is 25.8 Å². The number of hydrogen-bond acceptors (Lipinski definition) is 2. The fourth-order valence-electron chi connectivity index (χ4n) is 1.56. The van der Waals surface area contributed by atoms with Gasteiger partial charge in [-0.3, -0.25) is 0 Å². The largest absolute Gasteiger partial charge is 0.505 e. The number of benzene rings is 2. The van der Waals surface area contributed by atoms with E-state index in [4.69, 9.17) is 23.2 Å². The molecule has 2 aromatic rings. The van der Waals surface area contributed by atoms with E-state index >= 15 is 0 Å². The van der Waals surface area contributed by atoms with Gasteiger partial charge in [0.1, 0.15) is 0 Å². The van der Waals surface area contributed by atoms with Gasteiger partial charge in [0.05, 0.1) is 15.7 Å². The van der Waals surface area contributed by atoms with Crippen LogP contribution < -0.4 is 5.32 Å². The van der Waals surface area contributed by atoms with Crippen LogP contribution in [-0.2, 0) is 6.54 Å². The molecule has 2 rings (SSSR count). The molecular weight excluding hydrogens is 356 g/mol. The van der Waals surface area contributed by atoms with Crippen molar-refractivity contribution in [2.45, 2.75) is 6.54 Å². The zero-order chi connectivity index (χ0) is 14.0. The van der Waals surface area contributed by atoms with Crippen LogP contribution in [0.4, 0.5) is 10.1 Å². The number of aromatic hydroxyl groups is 1. The smallest absolute Gasteiger partial charge is 0.165 e. The van der Waals surface area contributed by atoms with Gasteiger partial charge in [-0.25, -0.2) is 4.39 Å². The first-order valence-electron chi connectivity index (χ1n) is 5.34. The van der Waals surface area contributed by atoms with Gasteiger partial charge in [0, 0.05) is 16.6 Å². The molecule has 0 spiro atoms. The number of phenolic OH excluding ortho intramolecular Hbond substituents is 1. The summed E-state index contributed by atoms with van der Waals surface area (Å²) in [4.78, 5) is 0. The number of anilines is 1. The van der Waals surface area contributed by atoms with Crippen LogP contribution in [0.1, 0.15) is 5.56 Å². The predicted octanol–water partition coefficient (Wildman–Crippen LogP) is 5.21. The van der Waals surface area contributed by atoms with Crippen LogP contribution in [-0.4, -0.2) is 5.11 Å². The topological polar surface area (TPSA) is 32.3 Å². The highest BCUT2D eigenvalue weighted by Gasteiger charge is 2.10. The minimum absolute atomic E-state index is 0.237. The third-order valence-electron chi connectivity index (χ3n) is 2.57. The maximum Gasteiger partial charge on any atom is 0.165 e. The van der Waals surface area contributed by atoms with Crippen molar-refractivity contribution < 1.29 is 9.50 Å². The van der Waals surface area contributed by atoms with Crippen LogP contribution in [0.2, 0.25) is 10.0 Å². The Morgan fingerprint density at radius 1 is 1.16 bits per heavy atom. The highest BCUT2D eigenvalue weighted by atomic mass is 79.9. The van der Waals surface area contributed by atoms with E-state index in [1.54, 1.807) is 18.2 Å². The summed E-state index contributed by atoms with van der Waals surface area (Å²) in [6, 6.07) is 7.85. The molecule has 0 atom stereocenters. The Bertz CT molecular complexity index is 622. The van der Waals surface area contributed by atoms with E-state index in [-0.39, 0.29) is 12.3 Å². The second-order valence-corrected chi connectivity index (χ2v) is 5.43. The Morgan fingerprint density at radius 3 is 2.63 bits per heavy atom. The molecule has 0 unspecified atom stereocenters. The van der Waals surface area contributed by atoms with E-state index in [0.717, 1.165) is 0 Å². The first-order valence-corrected chi connectivity index (χ1v) is 6.89. The molecule has 0 heterocycles. The highest BCUT2D eigenvalue weighted by Crippen LogP contribution is 2.36. The summed E-state index contributed by atoms with van der Waals surface area (Å²) < 4.78 is 13.9. The quantitative estimate of drug-likeness (QED) is 0.732.